The standard InChI is InChI=1S/2C17H19ClO.C15H16ClNO.C11H12.C10H12ClF.3C10H13F.C10H14.C9H11BrO.C9H11Cl.CH4/c2*1-12(2)15-7-8-17(16(18)10-15)19-11-14-6-4-5-13(3)9-14;1-11(2)12-6-7-15(14(16)9-12)18-10-13-5-3-4-8-17-13;1-4-10-6-5-7-11(8-10)9(2)3;1-6(2)8-5-4-7(3)9(11)10(8)12;1-7(2)9-4-5-10(11)8(3)6-9;1-7(2)9-5-4-8(3)6-10(9)11;1-7(2)9-6-4-5-8(3)10(9)11;1-8(2)10-6-4-5-9(3)7-10;1-6(2)7-3-4-9(11)8(10)5-7;1-7(2)8-4-3-5-9(10)6-8;/h2*4-10,12H,11H2,1-3H3;3-9,11H,10H2,1-2H3;1,5-9H,2-3H3;4-6H,1-3H3;3*4-7H,1-3H3;4-8H,1-3H3;3-6,11H,1-2H3;3-7H,1-2H3;1H4. The summed E-state index contributed by atoms with van der Waals surface area (Å²) in [6, 6.07) is 90.5. The van der Waals surface area contributed by atoms with Gasteiger partial charge in [0.05, 0.1) is 30.3 Å². The first kappa shape index (κ1) is 128. The SMILES string of the molecule is C.C#Cc1cccc(C(C)C)c1.CC(C)c1ccc(O)c(Br)c1.CC(C)c1ccc(OCc2ccccn2)c(Cl)c1.CC(C)c1cccc(Cl)c1.Cc1cc(C(C)C)ccc1F.Cc1ccc(C(C)C)c(F)c1.Cc1ccc(C(C)C)c(F)c1Cl.Cc1cccc(C(C)C)c1.Cc1cccc(C(C)C)c1F.Cc1cccc(COc2ccc(C(C)C)cc2Cl)c1.Cc1cccc(COc2ccc(C(C)C)cc2Cl)c1. The highest BCUT2D eigenvalue weighted by atomic mass is 79.9. The van der Waals surface area contributed by atoms with Crippen molar-refractivity contribution in [3.8, 4) is 35.3 Å². The maximum absolute atomic E-state index is 13.4. The van der Waals surface area contributed by atoms with E-state index in [2.05, 4.69) is 249 Å². The van der Waals surface area contributed by atoms with Gasteiger partial charge in [-0.2, -0.15) is 0 Å². The number of aromatic nitrogens is 1. The lowest BCUT2D eigenvalue weighted by Crippen LogP contribution is -1.98. The van der Waals surface area contributed by atoms with Crippen LogP contribution < -0.4 is 14.2 Å². The Bertz CT molecular complexity index is 5990. The topological polar surface area (TPSA) is 60.8 Å². The van der Waals surface area contributed by atoms with Gasteiger partial charge in [0.2, 0.25) is 0 Å². The number of phenolic OH excluding ortho intramolecular Hbond substituents is 1. The summed E-state index contributed by atoms with van der Waals surface area (Å²) in [5, 5.41) is 12.3. The number of hydrogen-bond acceptors (Lipinski definition) is 5. The van der Waals surface area contributed by atoms with E-state index in [1.165, 1.54) is 67.3 Å². The summed E-state index contributed by atoms with van der Waals surface area (Å²) in [4.78, 5) is 4.20. The van der Waals surface area contributed by atoms with E-state index in [9.17, 15) is 22.7 Å². The van der Waals surface area contributed by atoms with Gasteiger partial charge < -0.3 is 19.3 Å². The smallest absolute Gasteiger partial charge is 0.145 e. The Kier molecular flexibility index (Phi) is 58.9. The minimum atomic E-state index is -0.272. The summed E-state index contributed by atoms with van der Waals surface area (Å²) in [5.41, 5.74) is 23.7. The van der Waals surface area contributed by atoms with Crippen molar-refractivity contribution >= 4 is 73.9 Å². The summed E-state index contributed by atoms with van der Waals surface area (Å²) in [5.74, 6) is 9.50. The van der Waals surface area contributed by atoms with E-state index in [0.717, 1.165) is 76.8 Å². The molecule has 0 atom stereocenters. The Labute approximate surface area is 897 Å². The monoisotopic (exact) mass is 2110 g/mol. The van der Waals surface area contributed by atoms with Crippen molar-refractivity contribution in [2.24, 2.45) is 0 Å². The molecule has 14 aromatic rings. The molecule has 0 aliphatic carbocycles. The van der Waals surface area contributed by atoms with E-state index in [0.29, 0.717) is 99.3 Å². The van der Waals surface area contributed by atoms with Crippen LogP contribution in [0.15, 0.2) is 290 Å². The Morgan fingerprint density at radius 2 is 0.688 bits per heavy atom. The van der Waals surface area contributed by atoms with Gasteiger partial charge in [0.25, 0.3) is 0 Å². The molecule has 0 saturated heterocycles. The second-order valence-electron chi connectivity index (χ2n) is 39.0. The summed E-state index contributed by atoms with van der Waals surface area (Å²) < 4.78 is 70.5. The fraction of sp³-hybridized carbons (Fsp3) is 0.341. The number of nitrogens with zero attached hydrogens (tertiary/aromatic N) is 1. The molecular weight excluding hydrogens is 1960 g/mol. The maximum atomic E-state index is 13.4. The largest absolute Gasteiger partial charge is 0.507 e. The molecule has 0 unspecified atom stereocenters. The van der Waals surface area contributed by atoms with Crippen molar-refractivity contribution in [3.05, 3.63) is 461 Å². The Morgan fingerprint density at radius 1 is 0.312 bits per heavy atom. The van der Waals surface area contributed by atoms with Crippen LogP contribution >= 0.6 is 73.9 Å². The number of benzene rings is 13. The van der Waals surface area contributed by atoms with Crippen LogP contribution in [0.4, 0.5) is 17.6 Å². The number of aromatic hydroxyl groups is 1. The highest BCUT2D eigenvalue weighted by Crippen LogP contribution is 2.35. The van der Waals surface area contributed by atoms with Crippen LogP contribution in [-0.4, -0.2) is 10.1 Å². The molecule has 13 aromatic carbocycles. The van der Waals surface area contributed by atoms with Crippen molar-refractivity contribution in [2.45, 2.75) is 293 Å². The quantitative estimate of drug-likeness (QED) is 0.0609. The van der Waals surface area contributed by atoms with Crippen molar-refractivity contribution in [2.75, 3.05) is 0 Å². The molecule has 0 aliphatic heterocycles. The lowest BCUT2D eigenvalue weighted by atomic mass is 10.0. The third-order valence-electron chi connectivity index (χ3n) is 22.9. The number of rotatable bonds is 20. The number of hydrogen-bond donors (Lipinski definition) is 1. The van der Waals surface area contributed by atoms with Gasteiger partial charge >= 0.3 is 0 Å². The van der Waals surface area contributed by atoms with E-state index >= 15 is 0 Å². The minimum absolute atomic E-state index is 0. The predicted molar refractivity (Wildman–Crippen MR) is 618 cm³/mol. The van der Waals surface area contributed by atoms with Crippen LogP contribution in [-0.2, 0) is 19.8 Å². The fourth-order valence-corrected chi connectivity index (χ4v) is 15.2. The third kappa shape index (κ3) is 47.3. The molecule has 1 N–H and O–H groups in total. The molecule has 0 radical (unpaired) electrons. The average molecular weight is 2120 g/mol. The Balaban J connectivity index is 0.000000410. The molecule has 14 rings (SSSR count). The number of terminal acetylenes is 1. The molecule has 15 heteroatoms. The normalized spacial score (nSPS) is 10.5. The van der Waals surface area contributed by atoms with E-state index < -0.39 is 0 Å². The van der Waals surface area contributed by atoms with Gasteiger partial charge in [-0.1, -0.05) is 422 Å². The summed E-state index contributed by atoms with van der Waals surface area (Å²) in [6.45, 7) is 61.4. The molecule has 0 saturated carbocycles. The molecule has 1 aromatic heterocycles. The van der Waals surface area contributed by atoms with E-state index in [1.807, 2.05) is 206 Å². The molecule has 772 valence electrons. The second kappa shape index (κ2) is 66.5. The van der Waals surface area contributed by atoms with Crippen LogP contribution in [0.1, 0.15) is 347 Å². The molecule has 0 aliphatic rings. The van der Waals surface area contributed by atoms with Crippen LogP contribution in [0.25, 0.3) is 0 Å². The zero-order valence-electron chi connectivity index (χ0n) is 89.6. The van der Waals surface area contributed by atoms with Gasteiger partial charge in [0.1, 0.15) is 66.1 Å². The molecular formula is C129H157BrCl5F4NO4. The van der Waals surface area contributed by atoms with Crippen molar-refractivity contribution in [1.82, 2.24) is 4.98 Å². The van der Waals surface area contributed by atoms with Crippen LogP contribution in [0, 0.1) is 84.1 Å². The Morgan fingerprint density at radius 3 is 1.07 bits per heavy atom. The lowest BCUT2D eigenvalue weighted by molar-refractivity contribution is 0.301. The van der Waals surface area contributed by atoms with Crippen molar-refractivity contribution in [1.29, 1.82) is 0 Å². The fourth-order valence-electron chi connectivity index (χ4n) is 13.7. The van der Waals surface area contributed by atoms with Crippen LogP contribution in [0.5, 0.6) is 23.0 Å². The van der Waals surface area contributed by atoms with E-state index in [4.69, 9.17) is 78.6 Å². The van der Waals surface area contributed by atoms with Gasteiger partial charge in [-0.15, -0.1) is 6.42 Å². The van der Waals surface area contributed by atoms with Gasteiger partial charge in [0, 0.05) is 16.8 Å². The molecule has 0 amide bonds. The molecule has 0 spiro atoms. The van der Waals surface area contributed by atoms with Crippen molar-refractivity contribution in [3.63, 3.8) is 0 Å². The predicted octanol–water partition coefficient (Wildman–Crippen LogP) is 42.1. The highest BCUT2D eigenvalue weighted by Gasteiger charge is 2.16. The first-order valence-electron chi connectivity index (χ1n) is 49.3. The summed E-state index contributed by atoms with van der Waals surface area (Å²) in [6.07, 6.45) is 7.02. The van der Waals surface area contributed by atoms with Crippen LogP contribution in [0.3, 0.4) is 0 Å². The number of halogens is 10. The minimum Gasteiger partial charge on any atom is -0.507 e. The summed E-state index contributed by atoms with van der Waals surface area (Å²) >= 11 is 33.5. The zero-order valence-corrected chi connectivity index (χ0v) is 94.9. The molecule has 1 heterocycles. The van der Waals surface area contributed by atoms with E-state index in [1.54, 1.807) is 51.2 Å². The molecule has 144 heavy (non-hydrogen) atoms. The number of pyridine rings is 1. The third-order valence-corrected chi connectivity index (χ3v) is 25.1. The highest BCUT2D eigenvalue weighted by molar-refractivity contribution is 9.10. The number of phenols is 1. The first-order chi connectivity index (χ1) is 67.4. The molecule has 0 bridgehead atoms. The summed E-state index contributed by atoms with van der Waals surface area (Å²) in [7, 11) is 0. The van der Waals surface area contributed by atoms with Crippen LogP contribution in [0.2, 0.25) is 25.1 Å². The second-order valence-corrected chi connectivity index (χ2v) is 41.9. The molecule has 5 nitrogen and oxygen atoms in total. The van der Waals surface area contributed by atoms with Gasteiger partial charge in [-0.05, 0) is 321 Å². The average Bonchev–Trinajstić information content (AvgIpc) is 0.826. The maximum Gasteiger partial charge on any atom is 0.145 e. The van der Waals surface area contributed by atoms with E-state index in [-0.39, 0.29) is 53.5 Å². The number of aryl methyl sites for hydroxylation is 7. The lowest BCUT2D eigenvalue weighted by Gasteiger charge is -2.11. The van der Waals surface area contributed by atoms with Crippen molar-refractivity contribution < 1.29 is 36.9 Å². The molecule has 0 fully saturated rings. The van der Waals surface area contributed by atoms with Gasteiger partial charge in [0.15, 0.2) is 0 Å². The van der Waals surface area contributed by atoms with Gasteiger partial charge in [-0.3, -0.25) is 4.98 Å². The zero-order chi connectivity index (χ0) is 107. The first-order valence-corrected chi connectivity index (χ1v) is 52.0. The van der Waals surface area contributed by atoms with Gasteiger partial charge in [-0.25, -0.2) is 17.6 Å². The Hall–Kier alpha value is -10.6. The number of ether oxygens (including phenoxy) is 3.